The van der Waals surface area contributed by atoms with Crippen molar-refractivity contribution in [2.24, 2.45) is 5.92 Å². The third-order valence-corrected chi connectivity index (χ3v) is 3.27. The highest BCUT2D eigenvalue weighted by molar-refractivity contribution is 5.71. The standard InChI is InChI=1S/C13H17NO2/c1-2-12(10-6-4-3-5-7-10)14-8-11(9-14)13(15)16/h3-7,11-12H,2,8-9H2,1H3,(H,15,16). The van der Waals surface area contributed by atoms with Gasteiger partial charge in [-0.1, -0.05) is 37.3 Å². The summed E-state index contributed by atoms with van der Waals surface area (Å²) in [5.41, 5.74) is 1.29. The van der Waals surface area contributed by atoms with Crippen LogP contribution in [0.3, 0.4) is 0 Å². The first kappa shape index (κ1) is 11.1. The minimum Gasteiger partial charge on any atom is -0.481 e. The molecule has 0 radical (unpaired) electrons. The molecule has 16 heavy (non-hydrogen) atoms. The zero-order chi connectivity index (χ0) is 11.5. The highest BCUT2D eigenvalue weighted by atomic mass is 16.4. The van der Waals surface area contributed by atoms with Crippen LogP contribution in [0.15, 0.2) is 30.3 Å². The summed E-state index contributed by atoms with van der Waals surface area (Å²) in [5.74, 6) is -0.836. The molecule has 1 N–H and O–H groups in total. The van der Waals surface area contributed by atoms with Gasteiger partial charge in [-0.05, 0) is 12.0 Å². The predicted octanol–water partition coefficient (Wildman–Crippen LogP) is 2.15. The molecule has 86 valence electrons. The summed E-state index contributed by atoms with van der Waals surface area (Å²) in [6.07, 6.45) is 1.02. The van der Waals surface area contributed by atoms with Crippen LogP contribution in [0.2, 0.25) is 0 Å². The van der Waals surface area contributed by atoms with E-state index in [0.717, 1.165) is 6.42 Å². The van der Waals surface area contributed by atoms with Crippen LogP contribution in [0.4, 0.5) is 0 Å². The highest BCUT2D eigenvalue weighted by Gasteiger charge is 2.36. The van der Waals surface area contributed by atoms with Crippen LogP contribution in [-0.4, -0.2) is 29.1 Å². The number of rotatable bonds is 4. The predicted molar refractivity (Wildman–Crippen MR) is 62.2 cm³/mol. The third-order valence-electron chi connectivity index (χ3n) is 3.27. The minimum atomic E-state index is -0.667. The number of carbonyl (C=O) groups is 1. The van der Waals surface area contributed by atoms with E-state index in [1.54, 1.807) is 0 Å². The maximum Gasteiger partial charge on any atom is 0.309 e. The monoisotopic (exact) mass is 219 g/mol. The molecule has 0 bridgehead atoms. The van der Waals surface area contributed by atoms with Gasteiger partial charge in [-0.25, -0.2) is 0 Å². The smallest absolute Gasteiger partial charge is 0.309 e. The molecule has 0 aliphatic carbocycles. The fourth-order valence-corrected chi connectivity index (χ4v) is 2.30. The maximum absolute atomic E-state index is 10.7. The van der Waals surface area contributed by atoms with E-state index in [-0.39, 0.29) is 5.92 Å². The van der Waals surface area contributed by atoms with E-state index in [9.17, 15) is 4.79 Å². The molecule has 0 spiro atoms. The Hall–Kier alpha value is -1.35. The van der Waals surface area contributed by atoms with Gasteiger partial charge < -0.3 is 5.11 Å². The van der Waals surface area contributed by atoms with Gasteiger partial charge in [-0.2, -0.15) is 0 Å². The van der Waals surface area contributed by atoms with E-state index in [4.69, 9.17) is 5.11 Å². The van der Waals surface area contributed by atoms with Crippen molar-refractivity contribution in [1.82, 2.24) is 4.90 Å². The Balaban J connectivity index is 2.01. The first-order valence-electron chi connectivity index (χ1n) is 5.74. The quantitative estimate of drug-likeness (QED) is 0.843. The Morgan fingerprint density at radius 1 is 1.44 bits per heavy atom. The van der Waals surface area contributed by atoms with Crippen LogP contribution in [0, 0.1) is 5.92 Å². The lowest BCUT2D eigenvalue weighted by Gasteiger charge is -2.42. The molecule has 1 heterocycles. The van der Waals surface area contributed by atoms with Crippen molar-refractivity contribution >= 4 is 5.97 Å². The lowest BCUT2D eigenvalue weighted by atomic mass is 9.93. The molecule has 3 heteroatoms. The summed E-state index contributed by atoms with van der Waals surface area (Å²) in [4.78, 5) is 13.0. The van der Waals surface area contributed by atoms with Crippen molar-refractivity contribution in [1.29, 1.82) is 0 Å². The molecular weight excluding hydrogens is 202 g/mol. The summed E-state index contributed by atoms with van der Waals surface area (Å²) >= 11 is 0. The van der Waals surface area contributed by atoms with Crippen LogP contribution in [0.5, 0.6) is 0 Å². The fourth-order valence-electron chi connectivity index (χ4n) is 2.30. The van der Waals surface area contributed by atoms with Crippen molar-refractivity contribution in [3.05, 3.63) is 35.9 Å². The van der Waals surface area contributed by atoms with Crippen molar-refractivity contribution in [2.45, 2.75) is 19.4 Å². The second-order valence-electron chi connectivity index (χ2n) is 4.32. The maximum atomic E-state index is 10.7. The van der Waals surface area contributed by atoms with Crippen LogP contribution in [0.25, 0.3) is 0 Å². The number of hydrogen-bond donors (Lipinski definition) is 1. The Labute approximate surface area is 95.7 Å². The summed E-state index contributed by atoms with van der Waals surface area (Å²) in [5, 5.41) is 8.85. The SMILES string of the molecule is CCC(c1ccccc1)N1CC(C(=O)O)C1. The van der Waals surface area contributed by atoms with E-state index >= 15 is 0 Å². The van der Waals surface area contributed by atoms with Gasteiger partial charge >= 0.3 is 5.97 Å². The summed E-state index contributed by atoms with van der Waals surface area (Å²) in [7, 11) is 0. The van der Waals surface area contributed by atoms with E-state index in [1.165, 1.54) is 5.56 Å². The largest absolute Gasteiger partial charge is 0.481 e. The number of hydrogen-bond acceptors (Lipinski definition) is 2. The topological polar surface area (TPSA) is 40.5 Å². The molecule has 3 nitrogen and oxygen atoms in total. The summed E-state index contributed by atoms with van der Waals surface area (Å²) in [6, 6.07) is 10.7. The Bertz CT molecular complexity index is 357. The number of likely N-dealkylation sites (tertiary alicyclic amines) is 1. The van der Waals surface area contributed by atoms with E-state index in [2.05, 4.69) is 24.0 Å². The average Bonchev–Trinajstić information content (AvgIpc) is 2.23. The lowest BCUT2D eigenvalue weighted by Crippen LogP contribution is -2.51. The van der Waals surface area contributed by atoms with Crippen molar-refractivity contribution in [3.63, 3.8) is 0 Å². The lowest BCUT2D eigenvalue weighted by molar-refractivity contribution is -0.148. The Kier molecular flexibility index (Phi) is 3.25. The fraction of sp³-hybridized carbons (Fsp3) is 0.462. The van der Waals surface area contributed by atoms with Gasteiger partial charge in [-0.15, -0.1) is 0 Å². The molecule has 1 aromatic rings. The number of benzene rings is 1. The second kappa shape index (κ2) is 4.66. The van der Waals surface area contributed by atoms with Crippen molar-refractivity contribution in [2.75, 3.05) is 13.1 Å². The summed E-state index contributed by atoms with van der Waals surface area (Å²) < 4.78 is 0. The average molecular weight is 219 g/mol. The molecule has 1 unspecified atom stereocenters. The Morgan fingerprint density at radius 2 is 2.06 bits per heavy atom. The van der Waals surface area contributed by atoms with E-state index in [1.807, 2.05) is 18.2 Å². The highest BCUT2D eigenvalue weighted by Crippen LogP contribution is 2.30. The van der Waals surface area contributed by atoms with Gasteiger partial charge in [0.25, 0.3) is 0 Å². The molecule has 0 aromatic heterocycles. The van der Waals surface area contributed by atoms with E-state index in [0.29, 0.717) is 19.1 Å². The van der Waals surface area contributed by atoms with Crippen LogP contribution >= 0.6 is 0 Å². The van der Waals surface area contributed by atoms with Gasteiger partial charge in [0.2, 0.25) is 0 Å². The molecule has 1 aromatic carbocycles. The zero-order valence-corrected chi connectivity index (χ0v) is 9.47. The Morgan fingerprint density at radius 3 is 2.56 bits per heavy atom. The van der Waals surface area contributed by atoms with Crippen LogP contribution in [0.1, 0.15) is 24.9 Å². The number of carboxylic acids is 1. The molecule has 1 atom stereocenters. The molecule has 2 rings (SSSR count). The van der Waals surface area contributed by atoms with Crippen LogP contribution in [-0.2, 0) is 4.79 Å². The van der Waals surface area contributed by atoms with Gasteiger partial charge in [0.15, 0.2) is 0 Å². The summed E-state index contributed by atoms with van der Waals surface area (Å²) in [6.45, 7) is 3.51. The normalized spacial score (nSPS) is 19.1. The molecule has 0 amide bonds. The number of nitrogens with zero attached hydrogens (tertiary/aromatic N) is 1. The molecule has 1 fully saturated rings. The van der Waals surface area contributed by atoms with Gasteiger partial charge in [0.1, 0.15) is 0 Å². The molecule has 1 aliphatic heterocycles. The van der Waals surface area contributed by atoms with Gasteiger partial charge in [0, 0.05) is 19.1 Å². The first-order chi connectivity index (χ1) is 7.72. The zero-order valence-electron chi connectivity index (χ0n) is 9.47. The third kappa shape index (κ3) is 2.09. The molecule has 1 saturated heterocycles. The van der Waals surface area contributed by atoms with Gasteiger partial charge in [-0.3, -0.25) is 9.69 Å². The first-order valence-corrected chi connectivity index (χ1v) is 5.74. The number of aliphatic carboxylic acids is 1. The van der Waals surface area contributed by atoms with Crippen LogP contribution < -0.4 is 0 Å². The van der Waals surface area contributed by atoms with Gasteiger partial charge in [0.05, 0.1) is 5.92 Å². The molecule has 0 saturated carbocycles. The second-order valence-corrected chi connectivity index (χ2v) is 4.32. The van der Waals surface area contributed by atoms with Crippen molar-refractivity contribution < 1.29 is 9.90 Å². The molecule has 1 aliphatic rings. The number of carboxylic acid groups (broad SMARTS) is 1. The minimum absolute atomic E-state index is 0.169. The van der Waals surface area contributed by atoms with Crippen molar-refractivity contribution in [3.8, 4) is 0 Å². The van der Waals surface area contributed by atoms with E-state index < -0.39 is 5.97 Å². The molecular formula is C13H17NO2.